The number of anilines is 2. The van der Waals surface area contributed by atoms with Gasteiger partial charge in [0.2, 0.25) is 5.95 Å². The van der Waals surface area contributed by atoms with Gasteiger partial charge in [-0.05, 0) is 44.7 Å². The monoisotopic (exact) mass is 313 g/mol. The van der Waals surface area contributed by atoms with Gasteiger partial charge in [0.05, 0.1) is 4.47 Å². The number of aromatic nitrogens is 2. The lowest BCUT2D eigenvalue weighted by molar-refractivity contribution is 1.05. The predicted molar refractivity (Wildman–Crippen MR) is 73.9 cm³/mol. The predicted octanol–water partition coefficient (Wildman–Crippen LogP) is 2.51. The summed E-state index contributed by atoms with van der Waals surface area (Å²) >= 11 is 5.09. The molecule has 0 aliphatic rings. The number of nitrogens with two attached hydrogens (primary N) is 1. The van der Waals surface area contributed by atoms with Crippen LogP contribution in [0, 0.1) is 6.92 Å². The van der Waals surface area contributed by atoms with Crippen LogP contribution < -0.4 is 16.6 Å². The molecule has 0 unspecified atom stereocenters. The van der Waals surface area contributed by atoms with Gasteiger partial charge >= 0.3 is 0 Å². The van der Waals surface area contributed by atoms with E-state index in [1.807, 2.05) is 0 Å². The summed E-state index contributed by atoms with van der Waals surface area (Å²) in [5, 5.41) is 7.49. The van der Waals surface area contributed by atoms with Gasteiger partial charge in [-0.1, -0.05) is 0 Å². The van der Waals surface area contributed by atoms with Crippen LogP contribution in [0.2, 0.25) is 0 Å². The second-order valence-corrected chi connectivity index (χ2v) is 5.07. The summed E-state index contributed by atoms with van der Waals surface area (Å²) in [5.74, 6) is 6.37. The maximum absolute atomic E-state index is 5.27. The fraction of sp³-hybridized carbons (Fsp3) is 0.200. The van der Waals surface area contributed by atoms with E-state index in [9.17, 15) is 0 Å². The molecule has 0 saturated carbocycles. The molecule has 2 aromatic heterocycles. The van der Waals surface area contributed by atoms with Gasteiger partial charge < -0.3 is 5.32 Å². The van der Waals surface area contributed by atoms with E-state index in [1.54, 1.807) is 17.5 Å². The zero-order valence-electron chi connectivity index (χ0n) is 9.20. The molecule has 17 heavy (non-hydrogen) atoms. The molecule has 2 heterocycles. The lowest BCUT2D eigenvalue weighted by atomic mass is 10.2. The summed E-state index contributed by atoms with van der Waals surface area (Å²) in [4.78, 5) is 8.21. The largest absolute Gasteiger partial charge is 0.365 e. The van der Waals surface area contributed by atoms with Crippen molar-refractivity contribution in [3.8, 4) is 0 Å². The molecule has 2 aromatic rings. The number of hydrazine groups is 1. The average molecular weight is 314 g/mol. The van der Waals surface area contributed by atoms with Crippen molar-refractivity contribution in [1.29, 1.82) is 0 Å². The van der Waals surface area contributed by atoms with Crippen molar-refractivity contribution in [2.75, 3.05) is 10.7 Å². The molecule has 5 nitrogen and oxygen atoms in total. The molecule has 0 radical (unpaired) electrons. The molecular formula is C10H12BrN5S. The van der Waals surface area contributed by atoms with E-state index in [0.717, 1.165) is 16.8 Å². The number of nitrogens with one attached hydrogen (secondary N) is 2. The number of hydrogen-bond donors (Lipinski definition) is 3. The summed E-state index contributed by atoms with van der Waals surface area (Å²) in [6.07, 6.45) is 1.66. The summed E-state index contributed by atoms with van der Waals surface area (Å²) in [6, 6.07) is 0. The van der Waals surface area contributed by atoms with E-state index < -0.39 is 0 Å². The Morgan fingerprint density at radius 2 is 2.29 bits per heavy atom. The third-order valence-corrected chi connectivity index (χ3v) is 3.77. The molecule has 0 saturated heterocycles. The van der Waals surface area contributed by atoms with E-state index in [0.29, 0.717) is 5.95 Å². The third-order valence-electron chi connectivity index (χ3n) is 2.28. The number of hydrogen-bond acceptors (Lipinski definition) is 6. The molecule has 0 bridgehead atoms. The molecule has 0 spiro atoms. The van der Waals surface area contributed by atoms with Crippen LogP contribution in [0.4, 0.5) is 11.8 Å². The van der Waals surface area contributed by atoms with Crippen LogP contribution in [0.1, 0.15) is 11.1 Å². The van der Waals surface area contributed by atoms with Gasteiger partial charge in [0.15, 0.2) is 0 Å². The first-order chi connectivity index (χ1) is 8.20. The number of thiophene rings is 1. The molecule has 0 amide bonds. The van der Waals surface area contributed by atoms with E-state index in [-0.39, 0.29) is 0 Å². The van der Waals surface area contributed by atoms with Crippen LogP contribution in [-0.4, -0.2) is 9.97 Å². The Hall–Kier alpha value is -1.18. The van der Waals surface area contributed by atoms with Gasteiger partial charge in [0.1, 0.15) is 5.82 Å². The lowest BCUT2D eigenvalue weighted by Gasteiger charge is -2.08. The van der Waals surface area contributed by atoms with E-state index in [1.165, 1.54) is 11.1 Å². The fourth-order valence-electron chi connectivity index (χ4n) is 1.31. The summed E-state index contributed by atoms with van der Waals surface area (Å²) in [7, 11) is 0. The lowest BCUT2D eigenvalue weighted by Crippen LogP contribution is -2.12. The zero-order chi connectivity index (χ0) is 12.3. The smallest absolute Gasteiger partial charge is 0.239 e. The first-order valence-electron chi connectivity index (χ1n) is 4.95. The van der Waals surface area contributed by atoms with Crippen LogP contribution in [0.5, 0.6) is 0 Å². The van der Waals surface area contributed by atoms with Crippen molar-refractivity contribution in [3.63, 3.8) is 0 Å². The highest BCUT2D eigenvalue weighted by atomic mass is 79.9. The van der Waals surface area contributed by atoms with Gasteiger partial charge in [-0.2, -0.15) is 16.3 Å². The van der Waals surface area contributed by atoms with Crippen molar-refractivity contribution in [2.24, 2.45) is 5.84 Å². The SMILES string of the molecule is Cc1cscc1CNc1nc(NN)ncc1Br. The van der Waals surface area contributed by atoms with E-state index in [2.05, 4.69) is 54.3 Å². The average Bonchev–Trinajstić information content (AvgIpc) is 2.74. The Morgan fingerprint density at radius 1 is 1.47 bits per heavy atom. The first-order valence-corrected chi connectivity index (χ1v) is 6.69. The summed E-state index contributed by atoms with van der Waals surface area (Å²) in [5.41, 5.74) is 4.97. The van der Waals surface area contributed by atoms with Crippen LogP contribution in [0.15, 0.2) is 21.4 Å². The molecular weight excluding hydrogens is 302 g/mol. The molecule has 0 aliphatic heterocycles. The molecule has 2 rings (SSSR count). The van der Waals surface area contributed by atoms with E-state index >= 15 is 0 Å². The first kappa shape index (κ1) is 12.3. The molecule has 7 heteroatoms. The zero-order valence-corrected chi connectivity index (χ0v) is 11.6. The topological polar surface area (TPSA) is 75.9 Å². The summed E-state index contributed by atoms with van der Waals surface area (Å²) in [6.45, 7) is 2.82. The van der Waals surface area contributed by atoms with Gasteiger partial charge in [0, 0.05) is 12.7 Å². The molecule has 0 fully saturated rings. The highest BCUT2D eigenvalue weighted by Gasteiger charge is 2.05. The Bertz CT molecular complexity index is 513. The minimum absolute atomic E-state index is 0.387. The van der Waals surface area contributed by atoms with Crippen molar-refractivity contribution in [1.82, 2.24) is 9.97 Å². The molecule has 90 valence electrons. The van der Waals surface area contributed by atoms with Crippen molar-refractivity contribution in [2.45, 2.75) is 13.5 Å². The maximum Gasteiger partial charge on any atom is 0.239 e. The number of rotatable bonds is 4. The number of halogens is 1. The van der Waals surface area contributed by atoms with Gasteiger partial charge in [-0.15, -0.1) is 0 Å². The van der Waals surface area contributed by atoms with Gasteiger partial charge in [0.25, 0.3) is 0 Å². The fourth-order valence-corrected chi connectivity index (χ4v) is 2.50. The Labute approximate surface area is 112 Å². The van der Waals surface area contributed by atoms with Crippen molar-refractivity contribution >= 4 is 39.0 Å². The Morgan fingerprint density at radius 3 is 2.94 bits per heavy atom. The number of nitrogen functional groups attached to an aromatic ring is 1. The van der Waals surface area contributed by atoms with E-state index in [4.69, 9.17) is 5.84 Å². The molecule has 4 N–H and O–H groups in total. The Balaban J connectivity index is 2.11. The molecule has 0 atom stereocenters. The van der Waals surface area contributed by atoms with Crippen LogP contribution in [-0.2, 0) is 6.54 Å². The summed E-state index contributed by atoms with van der Waals surface area (Å²) < 4.78 is 0.810. The Kier molecular flexibility index (Phi) is 3.93. The van der Waals surface area contributed by atoms with Crippen LogP contribution in [0.25, 0.3) is 0 Å². The standard InChI is InChI=1S/C10H12BrN5S/c1-6-4-17-5-7(6)2-13-9-8(11)3-14-10(15-9)16-12/h3-5H,2,12H2,1H3,(H2,13,14,15,16). The van der Waals surface area contributed by atoms with Gasteiger partial charge in [-0.3, -0.25) is 5.43 Å². The highest BCUT2D eigenvalue weighted by Crippen LogP contribution is 2.21. The minimum atomic E-state index is 0.387. The highest BCUT2D eigenvalue weighted by molar-refractivity contribution is 9.10. The third kappa shape index (κ3) is 2.93. The van der Waals surface area contributed by atoms with Crippen LogP contribution in [0.3, 0.4) is 0 Å². The second-order valence-electron chi connectivity index (χ2n) is 3.47. The second kappa shape index (κ2) is 5.44. The van der Waals surface area contributed by atoms with Crippen LogP contribution >= 0.6 is 27.3 Å². The molecule has 0 aromatic carbocycles. The molecule has 0 aliphatic carbocycles. The normalized spacial score (nSPS) is 10.3. The minimum Gasteiger partial charge on any atom is -0.365 e. The van der Waals surface area contributed by atoms with Crippen molar-refractivity contribution < 1.29 is 0 Å². The van der Waals surface area contributed by atoms with Crippen molar-refractivity contribution in [3.05, 3.63) is 32.6 Å². The maximum atomic E-state index is 5.27. The van der Waals surface area contributed by atoms with Gasteiger partial charge in [-0.25, -0.2) is 10.8 Å². The quantitative estimate of drug-likeness (QED) is 0.597. The number of nitrogens with zero attached hydrogens (tertiary/aromatic N) is 2. The number of aryl methyl sites for hydroxylation is 1.